The summed E-state index contributed by atoms with van der Waals surface area (Å²) in [7, 11) is 0. The van der Waals surface area contributed by atoms with E-state index in [0.29, 0.717) is 17.3 Å². The van der Waals surface area contributed by atoms with Gasteiger partial charge in [0.25, 0.3) is 0 Å². The molecule has 0 saturated carbocycles. The van der Waals surface area contributed by atoms with Crippen molar-refractivity contribution in [3.8, 4) is 0 Å². The van der Waals surface area contributed by atoms with Crippen LogP contribution in [0.3, 0.4) is 0 Å². The Morgan fingerprint density at radius 1 is 1.00 bits per heavy atom. The second-order valence-electron chi connectivity index (χ2n) is 5.20. The van der Waals surface area contributed by atoms with Crippen molar-refractivity contribution in [1.29, 1.82) is 0 Å². The van der Waals surface area contributed by atoms with Gasteiger partial charge in [-0.25, -0.2) is 9.67 Å². The van der Waals surface area contributed by atoms with Gasteiger partial charge in [0.15, 0.2) is 5.65 Å². The Bertz CT molecular complexity index is 992. The van der Waals surface area contributed by atoms with Crippen LogP contribution in [0.25, 0.3) is 22.1 Å². The van der Waals surface area contributed by atoms with Crippen LogP contribution in [0.5, 0.6) is 0 Å². The Kier molecular flexibility index (Phi) is 3.01. The summed E-state index contributed by atoms with van der Waals surface area (Å²) in [5.41, 5.74) is 4.55. The van der Waals surface area contributed by atoms with Crippen molar-refractivity contribution < 1.29 is 0 Å². The minimum absolute atomic E-state index is 0.439. The fourth-order valence-corrected chi connectivity index (χ4v) is 2.63. The van der Waals surface area contributed by atoms with Gasteiger partial charge in [0.1, 0.15) is 10.7 Å². The molecule has 4 rings (SSSR count). The van der Waals surface area contributed by atoms with E-state index in [1.54, 1.807) is 10.7 Å². The van der Waals surface area contributed by atoms with Crippen molar-refractivity contribution >= 4 is 33.7 Å². The third kappa shape index (κ3) is 2.29. The van der Waals surface area contributed by atoms with Crippen LogP contribution in [-0.4, -0.2) is 25.0 Å². The minimum atomic E-state index is 0.439. The van der Waals surface area contributed by atoms with E-state index in [1.165, 1.54) is 0 Å². The van der Waals surface area contributed by atoms with Crippen LogP contribution in [-0.2, 0) is 6.54 Å². The number of nitrogens with zero attached hydrogens (tertiary/aromatic N) is 5. The highest BCUT2D eigenvalue weighted by Crippen LogP contribution is 2.18. The molecule has 0 unspecified atom stereocenters. The molecular weight excluding hydrogens is 298 g/mol. The van der Waals surface area contributed by atoms with Crippen LogP contribution in [0.2, 0.25) is 5.15 Å². The number of aryl methyl sites for hydroxylation is 1. The highest BCUT2D eigenvalue weighted by atomic mass is 35.5. The molecule has 0 radical (unpaired) electrons. The number of hydrogen-bond donors (Lipinski definition) is 0. The van der Waals surface area contributed by atoms with Crippen LogP contribution in [0.4, 0.5) is 0 Å². The first kappa shape index (κ1) is 13.2. The summed E-state index contributed by atoms with van der Waals surface area (Å²) in [4.78, 5) is 8.81. The van der Waals surface area contributed by atoms with E-state index in [0.717, 1.165) is 27.7 Å². The summed E-state index contributed by atoms with van der Waals surface area (Å²) in [6.07, 6.45) is 0. The third-order valence-corrected chi connectivity index (χ3v) is 3.76. The monoisotopic (exact) mass is 309 g/mol. The van der Waals surface area contributed by atoms with Gasteiger partial charge in [-0.15, -0.1) is 5.10 Å². The van der Waals surface area contributed by atoms with E-state index in [2.05, 4.69) is 32.4 Å². The molecule has 0 spiro atoms. The third-order valence-electron chi connectivity index (χ3n) is 3.55. The minimum Gasteiger partial charge on any atom is -0.253 e. The highest BCUT2D eigenvalue weighted by molar-refractivity contribution is 6.29. The van der Waals surface area contributed by atoms with Gasteiger partial charge in [-0.2, -0.15) is 0 Å². The molecule has 108 valence electrons. The lowest BCUT2D eigenvalue weighted by atomic mass is 10.1. The summed E-state index contributed by atoms with van der Waals surface area (Å²) >= 11 is 5.96. The van der Waals surface area contributed by atoms with Gasteiger partial charge in [-0.05, 0) is 42.8 Å². The summed E-state index contributed by atoms with van der Waals surface area (Å²) in [5, 5.41) is 9.81. The Labute approximate surface area is 131 Å². The van der Waals surface area contributed by atoms with Crippen molar-refractivity contribution in [2.75, 3.05) is 0 Å². The molecule has 3 aromatic heterocycles. The van der Waals surface area contributed by atoms with E-state index in [1.807, 2.05) is 31.2 Å². The summed E-state index contributed by atoms with van der Waals surface area (Å²) in [6, 6.07) is 13.8. The van der Waals surface area contributed by atoms with E-state index >= 15 is 0 Å². The van der Waals surface area contributed by atoms with Crippen LogP contribution >= 0.6 is 11.6 Å². The largest absolute Gasteiger partial charge is 0.253 e. The lowest BCUT2D eigenvalue weighted by molar-refractivity contribution is 0.664. The Morgan fingerprint density at radius 2 is 1.86 bits per heavy atom. The molecule has 1 aromatic carbocycles. The zero-order valence-corrected chi connectivity index (χ0v) is 12.6. The second kappa shape index (κ2) is 5.03. The zero-order chi connectivity index (χ0) is 15.1. The molecule has 0 aliphatic rings. The quantitative estimate of drug-likeness (QED) is 0.533. The maximum Gasteiger partial charge on any atom is 0.180 e. The second-order valence-corrected chi connectivity index (χ2v) is 5.59. The standard InChI is InChI=1S/C16H12ClN5/c1-10-2-4-12-8-11(3-5-13(12)18-10)9-22-16-14(20-21-22)6-7-15(17)19-16/h2-8H,9H2,1H3. The number of aromatic nitrogens is 5. The fourth-order valence-electron chi connectivity index (χ4n) is 2.49. The molecule has 4 aromatic rings. The van der Waals surface area contributed by atoms with Crippen LogP contribution < -0.4 is 0 Å². The molecule has 0 aliphatic carbocycles. The van der Waals surface area contributed by atoms with Gasteiger partial charge >= 0.3 is 0 Å². The fraction of sp³-hybridized carbons (Fsp3) is 0.125. The molecule has 0 N–H and O–H groups in total. The number of pyridine rings is 2. The molecule has 3 heterocycles. The molecular formula is C16H12ClN5. The number of halogens is 1. The predicted molar refractivity (Wildman–Crippen MR) is 85.9 cm³/mol. The first-order valence-corrected chi connectivity index (χ1v) is 7.29. The maximum atomic E-state index is 5.96. The van der Waals surface area contributed by atoms with E-state index in [9.17, 15) is 0 Å². The lowest BCUT2D eigenvalue weighted by Crippen LogP contribution is -2.03. The number of benzene rings is 1. The van der Waals surface area contributed by atoms with Crippen molar-refractivity contribution in [1.82, 2.24) is 25.0 Å². The normalized spacial score (nSPS) is 11.4. The van der Waals surface area contributed by atoms with Crippen molar-refractivity contribution in [2.24, 2.45) is 0 Å². The van der Waals surface area contributed by atoms with E-state index in [4.69, 9.17) is 11.6 Å². The molecule has 0 aliphatic heterocycles. The van der Waals surface area contributed by atoms with E-state index < -0.39 is 0 Å². The average Bonchev–Trinajstić information content (AvgIpc) is 2.90. The molecule has 0 atom stereocenters. The maximum absolute atomic E-state index is 5.96. The first-order chi connectivity index (χ1) is 10.7. The van der Waals surface area contributed by atoms with Gasteiger partial charge in [0.05, 0.1) is 12.1 Å². The zero-order valence-electron chi connectivity index (χ0n) is 11.9. The van der Waals surface area contributed by atoms with Crippen molar-refractivity contribution in [3.63, 3.8) is 0 Å². The SMILES string of the molecule is Cc1ccc2cc(Cn3nnc4ccc(Cl)nc43)ccc2n1. The Balaban J connectivity index is 1.75. The van der Waals surface area contributed by atoms with Gasteiger partial charge in [-0.1, -0.05) is 28.9 Å². The summed E-state index contributed by atoms with van der Waals surface area (Å²) in [5.74, 6) is 0. The number of fused-ring (bicyclic) bond motifs is 2. The lowest BCUT2D eigenvalue weighted by Gasteiger charge is -2.05. The van der Waals surface area contributed by atoms with Gasteiger partial charge in [0.2, 0.25) is 0 Å². The topological polar surface area (TPSA) is 56.5 Å². The molecule has 0 amide bonds. The molecule has 0 fully saturated rings. The Hall–Kier alpha value is -2.53. The average molecular weight is 310 g/mol. The smallest absolute Gasteiger partial charge is 0.180 e. The van der Waals surface area contributed by atoms with Gasteiger partial charge in [0, 0.05) is 11.1 Å². The van der Waals surface area contributed by atoms with Crippen molar-refractivity contribution in [3.05, 3.63) is 58.9 Å². The summed E-state index contributed by atoms with van der Waals surface area (Å²) < 4.78 is 1.75. The molecule has 0 saturated heterocycles. The number of rotatable bonds is 2. The molecule has 22 heavy (non-hydrogen) atoms. The van der Waals surface area contributed by atoms with Crippen LogP contribution in [0.15, 0.2) is 42.5 Å². The highest BCUT2D eigenvalue weighted by Gasteiger charge is 2.08. The molecule has 5 nitrogen and oxygen atoms in total. The Morgan fingerprint density at radius 3 is 2.77 bits per heavy atom. The van der Waals surface area contributed by atoms with Crippen LogP contribution in [0.1, 0.15) is 11.3 Å². The van der Waals surface area contributed by atoms with Crippen LogP contribution in [0, 0.1) is 6.92 Å². The van der Waals surface area contributed by atoms with Gasteiger partial charge < -0.3 is 0 Å². The van der Waals surface area contributed by atoms with Crippen molar-refractivity contribution in [2.45, 2.75) is 13.5 Å². The van der Waals surface area contributed by atoms with Gasteiger partial charge in [-0.3, -0.25) is 4.98 Å². The number of hydrogen-bond acceptors (Lipinski definition) is 4. The summed E-state index contributed by atoms with van der Waals surface area (Å²) in [6.45, 7) is 2.58. The predicted octanol–water partition coefficient (Wildman–Crippen LogP) is 3.38. The first-order valence-electron chi connectivity index (χ1n) is 6.91. The van der Waals surface area contributed by atoms with E-state index in [-0.39, 0.29) is 0 Å². The molecule has 6 heteroatoms. The molecule has 0 bridgehead atoms.